The van der Waals surface area contributed by atoms with E-state index >= 15 is 0 Å². The summed E-state index contributed by atoms with van der Waals surface area (Å²) >= 11 is 0. The van der Waals surface area contributed by atoms with E-state index in [1.807, 2.05) is 0 Å². The van der Waals surface area contributed by atoms with Crippen molar-refractivity contribution in [3.63, 3.8) is 0 Å². The van der Waals surface area contributed by atoms with Crippen LogP contribution in [0.25, 0.3) is 0 Å². The number of nitrogens with one attached hydrogen (secondary N) is 1. The molecule has 0 bridgehead atoms. The van der Waals surface area contributed by atoms with Crippen molar-refractivity contribution in [2.24, 2.45) is 0 Å². The molecule has 0 aromatic rings. The van der Waals surface area contributed by atoms with Crippen LogP contribution in [0.5, 0.6) is 0 Å². The van der Waals surface area contributed by atoms with Crippen LogP contribution < -0.4 is 5.32 Å². The molecule has 1 rings (SSSR count). The molecular weight excluding hydrogens is 198 g/mol. The van der Waals surface area contributed by atoms with E-state index in [2.05, 4.69) is 17.6 Å². The molecule has 16 heavy (non-hydrogen) atoms. The number of hydrogen-bond donors (Lipinski definition) is 1. The van der Waals surface area contributed by atoms with Gasteiger partial charge in [0.15, 0.2) is 0 Å². The summed E-state index contributed by atoms with van der Waals surface area (Å²) in [6, 6.07) is 0.357. The van der Waals surface area contributed by atoms with Gasteiger partial charge in [0.25, 0.3) is 5.91 Å². The van der Waals surface area contributed by atoms with Gasteiger partial charge < -0.3 is 5.32 Å². The number of carbonyl (C=O) groups is 1. The van der Waals surface area contributed by atoms with Crippen molar-refractivity contribution in [1.29, 1.82) is 0 Å². The standard InChI is InChI=1S/C14H23NO/c1-2-10-14(16)15-13-11-8-6-4-3-5-7-9-12-13/h10,13H,1,3-9,11-12H2,(H,15,16). The van der Waals surface area contributed by atoms with Crippen molar-refractivity contribution in [2.75, 3.05) is 0 Å². The lowest BCUT2D eigenvalue weighted by atomic mass is 9.97. The lowest BCUT2D eigenvalue weighted by Gasteiger charge is -2.19. The summed E-state index contributed by atoms with van der Waals surface area (Å²) in [6.07, 6.45) is 12.8. The predicted molar refractivity (Wildman–Crippen MR) is 67.2 cm³/mol. The second kappa shape index (κ2) is 8.18. The fourth-order valence-electron chi connectivity index (χ4n) is 2.29. The molecule has 1 fully saturated rings. The van der Waals surface area contributed by atoms with Gasteiger partial charge in [-0.3, -0.25) is 4.79 Å². The van der Waals surface area contributed by atoms with Crippen LogP contribution >= 0.6 is 0 Å². The zero-order valence-electron chi connectivity index (χ0n) is 10.1. The van der Waals surface area contributed by atoms with Gasteiger partial charge in [-0.15, -0.1) is 5.73 Å². The van der Waals surface area contributed by atoms with Crippen molar-refractivity contribution >= 4 is 5.91 Å². The Hall–Kier alpha value is -1.01. The van der Waals surface area contributed by atoms with Gasteiger partial charge in [-0.1, -0.05) is 51.5 Å². The van der Waals surface area contributed by atoms with E-state index < -0.39 is 0 Å². The molecule has 1 aliphatic rings. The third-order valence-electron chi connectivity index (χ3n) is 3.18. The van der Waals surface area contributed by atoms with E-state index in [1.54, 1.807) is 0 Å². The normalized spacial score (nSPS) is 19.5. The molecule has 0 aliphatic heterocycles. The molecule has 0 aromatic carbocycles. The molecule has 90 valence electrons. The molecule has 0 saturated heterocycles. The Balaban J connectivity index is 2.35. The minimum atomic E-state index is -0.0444. The molecule has 1 aliphatic carbocycles. The van der Waals surface area contributed by atoms with Gasteiger partial charge in [-0.05, 0) is 12.8 Å². The number of rotatable bonds is 2. The Kier molecular flexibility index (Phi) is 6.67. The van der Waals surface area contributed by atoms with E-state index in [0.717, 1.165) is 12.8 Å². The van der Waals surface area contributed by atoms with Crippen LogP contribution in [0.1, 0.15) is 57.8 Å². The van der Waals surface area contributed by atoms with Gasteiger partial charge in [-0.25, -0.2) is 0 Å². The van der Waals surface area contributed by atoms with Gasteiger partial charge in [0.05, 0.1) is 0 Å². The quantitative estimate of drug-likeness (QED) is 0.562. The van der Waals surface area contributed by atoms with Gasteiger partial charge >= 0.3 is 0 Å². The van der Waals surface area contributed by atoms with Crippen molar-refractivity contribution in [3.05, 3.63) is 18.4 Å². The monoisotopic (exact) mass is 221 g/mol. The molecular formula is C14H23NO. The second-order valence-electron chi connectivity index (χ2n) is 4.61. The predicted octanol–water partition coefficient (Wildman–Crippen LogP) is 3.34. The molecule has 0 heterocycles. The third kappa shape index (κ3) is 5.77. The van der Waals surface area contributed by atoms with E-state index in [0.29, 0.717) is 6.04 Å². The summed E-state index contributed by atoms with van der Waals surface area (Å²) in [6.45, 7) is 3.41. The highest BCUT2D eigenvalue weighted by atomic mass is 16.1. The Bertz CT molecular complexity index is 243. The number of amides is 1. The van der Waals surface area contributed by atoms with Crippen molar-refractivity contribution in [3.8, 4) is 0 Å². The first-order chi connectivity index (χ1) is 7.83. The molecule has 1 N–H and O–H groups in total. The zero-order chi connectivity index (χ0) is 11.6. The van der Waals surface area contributed by atoms with Crippen molar-refractivity contribution < 1.29 is 4.79 Å². The first kappa shape index (κ1) is 13.1. The van der Waals surface area contributed by atoms with Gasteiger partial charge in [0.1, 0.15) is 0 Å². The molecule has 0 radical (unpaired) electrons. The minimum absolute atomic E-state index is 0.0444. The van der Waals surface area contributed by atoms with E-state index in [1.165, 1.54) is 51.0 Å². The van der Waals surface area contributed by atoms with Crippen LogP contribution in [0.15, 0.2) is 18.4 Å². The zero-order valence-corrected chi connectivity index (χ0v) is 10.1. The molecule has 0 atom stereocenters. The SMILES string of the molecule is C=C=CC(=O)NC1CCCCCCCCC1. The third-order valence-corrected chi connectivity index (χ3v) is 3.18. The molecule has 2 nitrogen and oxygen atoms in total. The molecule has 2 heteroatoms. The lowest BCUT2D eigenvalue weighted by molar-refractivity contribution is -0.117. The van der Waals surface area contributed by atoms with Crippen molar-refractivity contribution in [2.45, 2.75) is 63.8 Å². The molecule has 1 amide bonds. The molecule has 0 spiro atoms. The molecule has 0 aromatic heterocycles. The maximum absolute atomic E-state index is 11.4. The Morgan fingerprint density at radius 2 is 1.56 bits per heavy atom. The summed E-state index contributed by atoms with van der Waals surface area (Å²) in [5, 5.41) is 3.04. The Morgan fingerprint density at radius 3 is 2.06 bits per heavy atom. The van der Waals surface area contributed by atoms with E-state index in [4.69, 9.17) is 0 Å². The summed E-state index contributed by atoms with van der Waals surface area (Å²) in [5.41, 5.74) is 2.52. The maximum atomic E-state index is 11.4. The average molecular weight is 221 g/mol. The average Bonchev–Trinajstić information content (AvgIpc) is 2.27. The van der Waals surface area contributed by atoms with Gasteiger partial charge in [0, 0.05) is 12.1 Å². The number of carbonyl (C=O) groups excluding carboxylic acids is 1. The van der Waals surface area contributed by atoms with Crippen LogP contribution in [0.2, 0.25) is 0 Å². The number of hydrogen-bond acceptors (Lipinski definition) is 1. The van der Waals surface area contributed by atoms with Crippen LogP contribution in [-0.4, -0.2) is 11.9 Å². The largest absolute Gasteiger partial charge is 0.349 e. The minimum Gasteiger partial charge on any atom is -0.349 e. The molecule has 0 unspecified atom stereocenters. The Morgan fingerprint density at radius 1 is 1.06 bits per heavy atom. The highest BCUT2D eigenvalue weighted by Crippen LogP contribution is 2.16. The summed E-state index contributed by atoms with van der Waals surface area (Å²) in [4.78, 5) is 11.4. The summed E-state index contributed by atoms with van der Waals surface area (Å²) in [7, 11) is 0. The smallest absolute Gasteiger partial charge is 0.251 e. The highest BCUT2D eigenvalue weighted by molar-refractivity contribution is 5.87. The molecule has 1 saturated carbocycles. The highest BCUT2D eigenvalue weighted by Gasteiger charge is 2.11. The van der Waals surface area contributed by atoms with E-state index in [9.17, 15) is 4.79 Å². The first-order valence-electron chi connectivity index (χ1n) is 6.49. The van der Waals surface area contributed by atoms with Crippen LogP contribution in [0.4, 0.5) is 0 Å². The Labute approximate surface area is 98.8 Å². The topological polar surface area (TPSA) is 29.1 Å². The van der Waals surface area contributed by atoms with E-state index in [-0.39, 0.29) is 5.91 Å². The lowest BCUT2D eigenvalue weighted by Crippen LogP contribution is -2.33. The fourth-order valence-corrected chi connectivity index (χ4v) is 2.29. The van der Waals surface area contributed by atoms with Crippen LogP contribution in [0, 0.1) is 0 Å². The maximum Gasteiger partial charge on any atom is 0.251 e. The fraction of sp³-hybridized carbons (Fsp3) is 0.714. The van der Waals surface area contributed by atoms with Crippen molar-refractivity contribution in [1.82, 2.24) is 5.32 Å². The van der Waals surface area contributed by atoms with Gasteiger partial charge in [-0.2, -0.15) is 0 Å². The second-order valence-corrected chi connectivity index (χ2v) is 4.61. The summed E-state index contributed by atoms with van der Waals surface area (Å²) in [5.74, 6) is -0.0444. The van der Waals surface area contributed by atoms with Crippen LogP contribution in [0.3, 0.4) is 0 Å². The van der Waals surface area contributed by atoms with Gasteiger partial charge in [0.2, 0.25) is 0 Å². The first-order valence-corrected chi connectivity index (χ1v) is 6.49. The summed E-state index contributed by atoms with van der Waals surface area (Å²) < 4.78 is 0. The van der Waals surface area contributed by atoms with Crippen LogP contribution in [-0.2, 0) is 4.79 Å².